The molecule has 0 fully saturated rings. The van der Waals surface area contributed by atoms with Gasteiger partial charge in [0, 0.05) is 15.2 Å². The Morgan fingerprint density at radius 1 is 1.44 bits per heavy atom. The molecule has 0 aromatic heterocycles. The van der Waals surface area contributed by atoms with Gasteiger partial charge in [-0.1, -0.05) is 0 Å². The molecular formula is C9H8BrClO4S. The van der Waals surface area contributed by atoms with Crippen LogP contribution in [0.4, 0.5) is 0 Å². The second kappa shape index (κ2) is 4.73. The lowest BCUT2D eigenvalue weighted by Crippen LogP contribution is -2.05. The first-order valence-corrected chi connectivity index (χ1v) is 7.20. The van der Waals surface area contributed by atoms with Crippen molar-refractivity contribution in [3.8, 4) is 0 Å². The van der Waals surface area contributed by atoms with Crippen molar-refractivity contribution < 1.29 is 17.9 Å². The Hall–Kier alpha value is -0.590. The summed E-state index contributed by atoms with van der Waals surface area (Å²) in [7, 11) is 2.65. The van der Waals surface area contributed by atoms with Crippen LogP contribution in [-0.2, 0) is 13.8 Å². The normalized spacial score (nSPS) is 11.2. The van der Waals surface area contributed by atoms with Crippen molar-refractivity contribution >= 4 is 41.6 Å². The number of hydrogen-bond acceptors (Lipinski definition) is 4. The van der Waals surface area contributed by atoms with Gasteiger partial charge < -0.3 is 4.74 Å². The van der Waals surface area contributed by atoms with E-state index in [0.717, 1.165) is 0 Å². The van der Waals surface area contributed by atoms with Crippen LogP contribution in [0, 0.1) is 6.92 Å². The molecule has 16 heavy (non-hydrogen) atoms. The van der Waals surface area contributed by atoms with Crippen molar-refractivity contribution in [3.63, 3.8) is 0 Å². The van der Waals surface area contributed by atoms with Crippen LogP contribution >= 0.6 is 26.6 Å². The lowest BCUT2D eigenvalue weighted by molar-refractivity contribution is 0.0599. The average Bonchev–Trinajstić information content (AvgIpc) is 2.18. The third kappa shape index (κ3) is 2.75. The van der Waals surface area contributed by atoms with Gasteiger partial charge in [-0.2, -0.15) is 0 Å². The molecule has 0 N–H and O–H groups in total. The van der Waals surface area contributed by atoms with Gasteiger partial charge in [-0.15, -0.1) is 0 Å². The highest BCUT2D eigenvalue weighted by Crippen LogP contribution is 2.28. The number of benzene rings is 1. The standard InChI is InChI=1S/C9H8BrClO4S/c1-5-3-8(16(11,13)14)7(10)4-6(5)9(12)15-2/h3-4H,1-2H3. The molecular weight excluding hydrogens is 320 g/mol. The van der Waals surface area contributed by atoms with Crippen molar-refractivity contribution in [2.24, 2.45) is 0 Å². The molecule has 1 rings (SSSR count). The van der Waals surface area contributed by atoms with Crippen LogP contribution in [0.1, 0.15) is 15.9 Å². The largest absolute Gasteiger partial charge is 0.465 e. The van der Waals surface area contributed by atoms with Gasteiger partial charge in [0.05, 0.1) is 17.6 Å². The van der Waals surface area contributed by atoms with Gasteiger partial charge >= 0.3 is 5.97 Å². The van der Waals surface area contributed by atoms with Gasteiger partial charge in [0.15, 0.2) is 0 Å². The zero-order chi connectivity index (χ0) is 12.5. The van der Waals surface area contributed by atoms with E-state index in [0.29, 0.717) is 11.1 Å². The highest BCUT2D eigenvalue weighted by Gasteiger charge is 2.19. The Kier molecular flexibility index (Phi) is 3.98. The fraction of sp³-hybridized carbons (Fsp3) is 0.222. The number of carbonyl (C=O) groups is 1. The summed E-state index contributed by atoms with van der Waals surface area (Å²) in [5.74, 6) is -0.531. The molecule has 0 amide bonds. The zero-order valence-electron chi connectivity index (χ0n) is 8.45. The summed E-state index contributed by atoms with van der Waals surface area (Å²) in [6, 6.07) is 2.69. The molecule has 7 heteroatoms. The quantitative estimate of drug-likeness (QED) is 0.618. The smallest absolute Gasteiger partial charge is 0.338 e. The number of carbonyl (C=O) groups excluding carboxylic acids is 1. The SMILES string of the molecule is COC(=O)c1cc(Br)c(S(=O)(=O)Cl)cc1C. The fourth-order valence-electron chi connectivity index (χ4n) is 1.17. The number of ether oxygens (including phenoxy) is 1. The summed E-state index contributed by atoms with van der Waals surface area (Å²) in [5, 5.41) is 0. The van der Waals surface area contributed by atoms with E-state index in [1.807, 2.05) is 0 Å². The minimum absolute atomic E-state index is 0.0701. The van der Waals surface area contributed by atoms with Crippen molar-refractivity contribution in [3.05, 3.63) is 27.7 Å². The van der Waals surface area contributed by atoms with Gasteiger partial charge in [-0.25, -0.2) is 13.2 Å². The number of esters is 1. The van der Waals surface area contributed by atoms with E-state index < -0.39 is 15.0 Å². The molecule has 0 saturated carbocycles. The van der Waals surface area contributed by atoms with Crippen molar-refractivity contribution in [2.75, 3.05) is 7.11 Å². The van der Waals surface area contributed by atoms with E-state index in [4.69, 9.17) is 10.7 Å². The summed E-state index contributed by atoms with van der Waals surface area (Å²) in [6.45, 7) is 1.60. The van der Waals surface area contributed by atoms with Crippen molar-refractivity contribution in [1.29, 1.82) is 0 Å². The highest BCUT2D eigenvalue weighted by atomic mass is 79.9. The van der Waals surface area contributed by atoms with Crippen LogP contribution in [0.2, 0.25) is 0 Å². The molecule has 0 saturated heterocycles. The van der Waals surface area contributed by atoms with Gasteiger partial charge in [-0.05, 0) is 40.5 Å². The first kappa shape index (κ1) is 13.5. The summed E-state index contributed by atoms with van der Waals surface area (Å²) < 4.78 is 27.1. The topological polar surface area (TPSA) is 60.4 Å². The van der Waals surface area contributed by atoms with E-state index in [1.165, 1.54) is 19.2 Å². The predicted octanol–water partition coefficient (Wildman–Crippen LogP) is 2.47. The number of methoxy groups -OCH3 is 1. The monoisotopic (exact) mass is 326 g/mol. The van der Waals surface area contributed by atoms with Crippen molar-refractivity contribution in [2.45, 2.75) is 11.8 Å². The number of rotatable bonds is 2. The molecule has 1 aromatic carbocycles. The lowest BCUT2D eigenvalue weighted by atomic mass is 10.1. The molecule has 88 valence electrons. The molecule has 0 spiro atoms. The second-order valence-electron chi connectivity index (χ2n) is 3.03. The van der Waals surface area contributed by atoms with E-state index >= 15 is 0 Å². The molecule has 0 bridgehead atoms. The minimum atomic E-state index is -3.83. The van der Waals surface area contributed by atoms with Crippen LogP contribution in [0.5, 0.6) is 0 Å². The Morgan fingerprint density at radius 3 is 2.44 bits per heavy atom. The summed E-state index contributed by atoms with van der Waals surface area (Å²) in [5.41, 5.74) is 0.771. The second-order valence-corrected chi connectivity index (χ2v) is 6.42. The van der Waals surface area contributed by atoms with Gasteiger partial charge in [-0.3, -0.25) is 0 Å². The molecule has 0 aliphatic heterocycles. The van der Waals surface area contributed by atoms with E-state index in [9.17, 15) is 13.2 Å². The summed E-state index contributed by atoms with van der Waals surface area (Å²) in [4.78, 5) is 11.3. The van der Waals surface area contributed by atoms with Gasteiger partial charge in [0.25, 0.3) is 9.05 Å². The Labute approximate surface area is 106 Å². The molecule has 0 aliphatic carbocycles. The fourth-order valence-corrected chi connectivity index (χ4v) is 3.43. The minimum Gasteiger partial charge on any atom is -0.465 e. The highest BCUT2D eigenvalue weighted by molar-refractivity contribution is 9.10. The van der Waals surface area contributed by atoms with Gasteiger partial charge in [0.2, 0.25) is 0 Å². The molecule has 0 aliphatic rings. The molecule has 0 radical (unpaired) electrons. The van der Waals surface area contributed by atoms with Crippen LogP contribution in [0.25, 0.3) is 0 Å². The third-order valence-corrected chi connectivity index (χ3v) is 4.23. The van der Waals surface area contributed by atoms with Crippen LogP contribution < -0.4 is 0 Å². The van der Waals surface area contributed by atoms with Gasteiger partial charge in [0.1, 0.15) is 0 Å². The zero-order valence-corrected chi connectivity index (χ0v) is 11.6. The number of hydrogen-bond donors (Lipinski definition) is 0. The molecule has 1 aromatic rings. The van der Waals surface area contributed by atoms with Crippen LogP contribution in [0.15, 0.2) is 21.5 Å². The summed E-state index contributed by atoms with van der Waals surface area (Å²) >= 11 is 3.04. The number of halogens is 2. The number of aryl methyl sites for hydroxylation is 1. The predicted molar refractivity (Wildman–Crippen MR) is 63.3 cm³/mol. The van der Waals surface area contributed by atoms with E-state index in [1.54, 1.807) is 6.92 Å². The molecule has 0 heterocycles. The molecule has 0 atom stereocenters. The van der Waals surface area contributed by atoms with Crippen LogP contribution in [-0.4, -0.2) is 21.5 Å². The lowest BCUT2D eigenvalue weighted by Gasteiger charge is -2.07. The third-order valence-electron chi connectivity index (χ3n) is 1.95. The average molecular weight is 328 g/mol. The maximum absolute atomic E-state index is 11.3. The summed E-state index contributed by atoms with van der Waals surface area (Å²) in [6.07, 6.45) is 0. The first-order valence-electron chi connectivity index (χ1n) is 4.10. The first-order chi connectivity index (χ1) is 7.27. The molecule has 4 nitrogen and oxygen atoms in total. The van der Waals surface area contributed by atoms with Crippen LogP contribution in [0.3, 0.4) is 0 Å². The molecule has 0 unspecified atom stereocenters. The van der Waals surface area contributed by atoms with E-state index in [-0.39, 0.29) is 9.37 Å². The Morgan fingerprint density at radius 2 is 2.00 bits per heavy atom. The maximum Gasteiger partial charge on any atom is 0.338 e. The van der Waals surface area contributed by atoms with Crippen molar-refractivity contribution in [1.82, 2.24) is 0 Å². The maximum atomic E-state index is 11.3. The Balaban J connectivity index is 3.45. The Bertz CT molecular complexity index is 539. The van der Waals surface area contributed by atoms with E-state index in [2.05, 4.69) is 20.7 Å².